The predicted octanol–water partition coefficient (Wildman–Crippen LogP) is 4.77. The Hall–Kier alpha value is -3.16. The van der Waals surface area contributed by atoms with Crippen LogP contribution in [0.15, 0.2) is 48.5 Å². The molecule has 0 radical (unpaired) electrons. The van der Waals surface area contributed by atoms with Crippen LogP contribution in [0.4, 0.5) is 5.69 Å². The minimum atomic E-state index is -0.441. The van der Waals surface area contributed by atoms with Crippen molar-refractivity contribution in [1.82, 2.24) is 4.90 Å². The van der Waals surface area contributed by atoms with Crippen molar-refractivity contribution in [3.63, 3.8) is 0 Å². The SMILES string of the molecule is COc1ccc(CN2C(=O)c3cccc(NC(=O)c4ccc(Cl)s4)c3C2=O)cc1C. The largest absolute Gasteiger partial charge is 0.496 e. The lowest BCUT2D eigenvalue weighted by Crippen LogP contribution is -2.29. The fourth-order valence-corrected chi connectivity index (χ4v) is 4.36. The molecule has 0 unspecified atom stereocenters. The summed E-state index contributed by atoms with van der Waals surface area (Å²) in [7, 11) is 1.59. The molecule has 152 valence electrons. The smallest absolute Gasteiger partial charge is 0.265 e. The molecule has 4 rings (SSSR count). The van der Waals surface area contributed by atoms with Gasteiger partial charge < -0.3 is 10.1 Å². The van der Waals surface area contributed by atoms with E-state index in [0.717, 1.165) is 28.2 Å². The number of carbonyl (C=O) groups is 3. The van der Waals surface area contributed by atoms with Crippen molar-refractivity contribution < 1.29 is 19.1 Å². The van der Waals surface area contributed by atoms with Gasteiger partial charge in [-0.25, -0.2) is 0 Å². The normalized spacial score (nSPS) is 12.8. The third-order valence-corrected chi connectivity index (χ3v) is 6.07. The van der Waals surface area contributed by atoms with Crippen LogP contribution in [0.2, 0.25) is 4.34 Å². The van der Waals surface area contributed by atoms with Crippen molar-refractivity contribution in [1.29, 1.82) is 0 Å². The van der Waals surface area contributed by atoms with Crippen LogP contribution in [0.5, 0.6) is 5.75 Å². The molecule has 0 spiro atoms. The zero-order valence-corrected chi connectivity index (χ0v) is 17.8. The molecule has 2 aromatic carbocycles. The van der Waals surface area contributed by atoms with E-state index in [9.17, 15) is 14.4 Å². The minimum absolute atomic E-state index is 0.130. The lowest BCUT2D eigenvalue weighted by atomic mass is 10.1. The first-order chi connectivity index (χ1) is 14.4. The number of anilines is 1. The number of fused-ring (bicyclic) bond motifs is 1. The van der Waals surface area contributed by atoms with Gasteiger partial charge in [-0.15, -0.1) is 11.3 Å². The number of aryl methyl sites for hydroxylation is 1. The summed E-state index contributed by atoms with van der Waals surface area (Å²) in [5.41, 5.74) is 2.49. The molecule has 2 heterocycles. The summed E-state index contributed by atoms with van der Waals surface area (Å²) in [4.78, 5) is 40.1. The molecule has 1 aliphatic heterocycles. The molecule has 1 N–H and O–H groups in total. The Labute approximate surface area is 182 Å². The highest BCUT2D eigenvalue weighted by Crippen LogP contribution is 2.32. The van der Waals surface area contributed by atoms with Crippen molar-refractivity contribution in [2.45, 2.75) is 13.5 Å². The first-order valence-electron chi connectivity index (χ1n) is 9.08. The number of hydrogen-bond acceptors (Lipinski definition) is 5. The van der Waals surface area contributed by atoms with Gasteiger partial charge in [0.2, 0.25) is 0 Å². The number of imide groups is 1. The number of carbonyl (C=O) groups excluding carboxylic acids is 3. The molecule has 6 nitrogen and oxygen atoms in total. The van der Waals surface area contributed by atoms with Crippen molar-refractivity contribution in [3.8, 4) is 5.75 Å². The maximum Gasteiger partial charge on any atom is 0.265 e. The van der Waals surface area contributed by atoms with Gasteiger partial charge in [0, 0.05) is 0 Å². The van der Waals surface area contributed by atoms with Crippen LogP contribution < -0.4 is 10.1 Å². The Morgan fingerprint density at radius 1 is 1.13 bits per heavy atom. The zero-order valence-electron chi connectivity index (χ0n) is 16.2. The number of nitrogens with zero attached hydrogens (tertiary/aromatic N) is 1. The van der Waals surface area contributed by atoms with Gasteiger partial charge >= 0.3 is 0 Å². The number of thiophene rings is 1. The molecule has 0 aliphatic carbocycles. The van der Waals surface area contributed by atoms with Crippen molar-refractivity contribution in [2.75, 3.05) is 12.4 Å². The Kier molecular flexibility index (Phi) is 5.32. The van der Waals surface area contributed by atoms with Gasteiger partial charge in [0.25, 0.3) is 17.7 Å². The second kappa shape index (κ2) is 7.93. The van der Waals surface area contributed by atoms with E-state index in [1.165, 1.54) is 4.90 Å². The second-order valence-electron chi connectivity index (χ2n) is 6.79. The van der Waals surface area contributed by atoms with E-state index in [-0.39, 0.29) is 23.6 Å². The molecule has 30 heavy (non-hydrogen) atoms. The van der Waals surface area contributed by atoms with E-state index < -0.39 is 11.8 Å². The van der Waals surface area contributed by atoms with E-state index >= 15 is 0 Å². The van der Waals surface area contributed by atoms with Crippen molar-refractivity contribution in [2.24, 2.45) is 0 Å². The topological polar surface area (TPSA) is 75.7 Å². The van der Waals surface area contributed by atoms with Gasteiger partial charge in [0.15, 0.2) is 0 Å². The number of ether oxygens (including phenoxy) is 1. The number of amides is 3. The van der Waals surface area contributed by atoms with Gasteiger partial charge in [0.05, 0.1) is 39.7 Å². The summed E-state index contributed by atoms with van der Waals surface area (Å²) < 4.78 is 5.75. The van der Waals surface area contributed by atoms with Crippen LogP contribution >= 0.6 is 22.9 Å². The molecule has 0 saturated heterocycles. The Bertz CT molecular complexity index is 1190. The van der Waals surface area contributed by atoms with Crippen LogP contribution in [0.25, 0.3) is 0 Å². The van der Waals surface area contributed by atoms with Crippen molar-refractivity contribution >= 4 is 46.3 Å². The Balaban J connectivity index is 1.61. The monoisotopic (exact) mass is 440 g/mol. The fourth-order valence-electron chi connectivity index (χ4n) is 3.42. The van der Waals surface area contributed by atoms with Crippen LogP contribution in [0.3, 0.4) is 0 Å². The number of nitrogens with one attached hydrogen (secondary N) is 1. The third-order valence-electron chi connectivity index (χ3n) is 4.84. The number of benzene rings is 2. The molecule has 1 aromatic heterocycles. The van der Waals surface area contributed by atoms with Gasteiger partial charge in [0.1, 0.15) is 5.75 Å². The lowest BCUT2D eigenvalue weighted by Gasteiger charge is -2.15. The summed E-state index contributed by atoms with van der Waals surface area (Å²) in [6.07, 6.45) is 0. The highest BCUT2D eigenvalue weighted by Gasteiger charge is 2.37. The lowest BCUT2D eigenvalue weighted by molar-refractivity contribution is 0.0642. The summed E-state index contributed by atoms with van der Waals surface area (Å²) in [5, 5.41) is 2.73. The molecule has 0 atom stereocenters. The molecular formula is C22H17ClN2O4S. The third kappa shape index (κ3) is 3.58. The molecule has 8 heteroatoms. The first-order valence-corrected chi connectivity index (χ1v) is 10.3. The van der Waals surface area contributed by atoms with E-state index in [0.29, 0.717) is 14.9 Å². The van der Waals surface area contributed by atoms with Crippen LogP contribution in [-0.2, 0) is 6.54 Å². The van der Waals surface area contributed by atoms with Crippen molar-refractivity contribution in [3.05, 3.63) is 80.0 Å². The highest BCUT2D eigenvalue weighted by atomic mass is 35.5. The summed E-state index contributed by atoms with van der Waals surface area (Å²) in [6.45, 7) is 2.03. The second-order valence-corrected chi connectivity index (χ2v) is 8.50. The van der Waals surface area contributed by atoms with E-state index in [1.807, 2.05) is 19.1 Å². The molecule has 3 aromatic rings. The standard InChI is InChI=1S/C22H17ClN2O4S/c1-12-10-13(6-7-16(12)29-2)11-25-21(27)14-4-3-5-15(19(14)22(25)28)24-20(26)17-8-9-18(23)30-17/h3-10H,11H2,1-2H3,(H,24,26). The summed E-state index contributed by atoms with van der Waals surface area (Å²) >= 11 is 7.03. The summed E-state index contributed by atoms with van der Waals surface area (Å²) in [5.74, 6) is -0.480. The molecule has 0 saturated carbocycles. The van der Waals surface area contributed by atoms with Gasteiger partial charge in [-0.1, -0.05) is 29.8 Å². The van der Waals surface area contributed by atoms with Crippen LogP contribution in [0, 0.1) is 6.92 Å². The van der Waals surface area contributed by atoms with Crippen LogP contribution in [0.1, 0.15) is 41.5 Å². The van der Waals surface area contributed by atoms with Gasteiger partial charge in [-0.05, 0) is 48.4 Å². The molecule has 0 fully saturated rings. The molecule has 1 aliphatic rings. The van der Waals surface area contributed by atoms with Gasteiger partial charge in [-0.2, -0.15) is 0 Å². The average molecular weight is 441 g/mol. The quantitative estimate of drug-likeness (QED) is 0.580. The Morgan fingerprint density at radius 3 is 2.60 bits per heavy atom. The maximum atomic E-state index is 13.1. The predicted molar refractivity (Wildman–Crippen MR) is 116 cm³/mol. The number of halogens is 1. The fraction of sp³-hybridized carbons (Fsp3) is 0.136. The Morgan fingerprint density at radius 2 is 1.93 bits per heavy atom. The number of hydrogen-bond donors (Lipinski definition) is 1. The number of rotatable bonds is 5. The average Bonchev–Trinajstić information content (AvgIpc) is 3.26. The maximum absolute atomic E-state index is 13.1. The highest BCUT2D eigenvalue weighted by molar-refractivity contribution is 7.18. The van der Waals surface area contributed by atoms with E-state index in [2.05, 4.69) is 5.32 Å². The summed E-state index contributed by atoms with van der Waals surface area (Å²) in [6, 6.07) is 13.6. The molecule has 3 amide bonds. The van der Waals surface area contributed by atoms with Crippen LogP contribution in [-0.4, -0.2) is 29.7 Å². The molecule has 0 bridgehead atoms. The zero-order chi connectivity index (χ0) is 21.4. The van der Waals surface area contributed by atoms with E-state index in [4.69, 9.17) is 16.3 Å². The van der Waals surface area contributed by atoms with E-state index in [1.54, 1.807) is 43.5 Å². The molecular weight excluding hydrogens is 424 g/mol. The number of methoxy groups -OCH3 is 1. The minimum Gasteiger partial charge on any atom is -0.496 e. The van der Waals surface area contributed by atoms with Gasteiger partial charge in [-0.3, -0.25) is 19.3 Å². The first kappa shape index (κ1) is 20.1.